The van der Waals surface area contributed by atoms with Gasteiger partial charge in [-0.2, -0.15) is 5.26 Å². The number of aryl methyl sites for hydroxylation is 1. The summed E-state index contributed by atoms with van der Waals surface area (Å²) in [5.74, 6) is 0.249. The Hall–Kier alpha value is -3.50. The zero-order valence-electron chi connectivity index (χ0n) is 17.3. The molecule has 7 heteroatoms. The van der Waals surface area contributed by atoms with Crippen molar-refractivity contribution in [2.24, 2.45) is 10.7 Å². The third-order valence-electron chi connectivity index (χ3n) is 5.43. The quantitative estimate of drug-likeness (QED) is 0.639. The van der Waals surface area contributed by atoms with Gasteiger partial charge < -0.3 is 5.73 Å². The van der Waals surface area contributed by atoms with E-state index in [1.807, 2.05) is 54.8 Å². The zero-order chi connectivity index (χ0) is 21.8. The molecule has 0 saturated heterocycles. The van der Waals surface area contributed by atoms with Gasteiger partial charge in [0, 0.05) is 23.3 Å². The Morgan fingerprint density at radius 3 is 2.84 bits per heavy atom. The van der Waals surface area contributed by atoms with E-state index >= 15 is 0 Å². The predicted molar refractivity (Wildman–Crippen MR) is 122 cm³/mol. The lowest BCUT2D eigenvalue weighted by atomic mass is 9.93. The Morgan fingerprint density at radius 1 is 1.23 bits per heavy atom. The Morgan fingerprint density at radius 2 is 2.10 bits per heavy atom. The molecular formula is C24H23N5OS. The number of benzene rings is 1. The monoisotopic (exact) mass is 429 g/mol. The van der Waals surface area contributed by atoms with Crippen molar-refractivity contribution in [3.63, 3.8) is 0 Å². The van der Waals surface area contributed by atoms with Gasteiger partial charge >= 0.3 is 0 Å². The first kappa shape index (κ1) is 20.8. The van der Waals surface area contributed by atoms with E-state index in [2.05, 4.69) is 11.1 Å². The Labute approximate surface area is 185 Å². The van der Waals surface area contributed by atoms with E-state index < -0.39 is 5.54 Å². The summed E-state index contributed by atoms with van der Waals surface area (Å²) in [4.78, 5) is 24.5. The average Bonchev–Trinajstić information content (AvgIpc) is 3.28. The number of carbonyl (C=O) groups is 1. The highest BCUT2D eigenvalue weighted by atomic mass is 32.1. The number of hydrogen-bond donors (Lipinski definition) is 1. The molecule has 4 rings (SSSR count). The summed E-state index contributed by atoms with van der Waals surface area (Å²) in [7, 11) is 0. The number of nitrogens with two attached hydrogens (primary N) is 1. The summed E-state index contributed by atoms with van der Waals surface area (Å²) < 4.78 is 0. The molecule has 2 N–H and O–H groups in total. The van der Waals surface area contributed by atoms with Crippen LogP contribution in [0.4, 0.5) is 0 Å². The number of nitriles is 1. The molecule has 0 unspecified atom stereocenters. The maximum absolute atomic E-state index is 12.9. The van der Waals surface area contributed by atoms with E-state index in [9.17, 15) is 4.79 Å². The van der Waals surface area contributed by atoms with Gasteiger partial charge in [-0.1, -0.05) is 18.2 Å². The maximum Gasteiger partial charge on any atom is 0.232 e. The minimum Gasteiger partial charge on any atom is -0.369 e. The second-order valence-corrected chi connectivity index (χ2v) is 8.69. The van der Waals surface area contributed by atoms with E-state index in [-0.39, 0.29) is 18.3 Å². The smallest absolute Gasteiger partial charge is 0.232 e. The van der Waals surface area contributed by atoms with Crippen LogP contribution >= 0.6 is 11.3 Å². The zero-order valence-corrected chi connectivity index (χ0v) is 18.1. The van der Waals surface area contributed by atoms with Crippen LogP contribution in [0.25, 0.3) is 11.1 Å². The molecule has 0 saturated carbocycles. The molecule has 1 atom stereocenters. The minimum atomic E-state index is -0.686. The third kappa shape index (κ3) is 4.49. The van der Waals surface area contributed by atoms with Crippen LogP contribution in [-0.4, -0.2) is 28.3 Å². The van der Waals surface area contributed by atoms with Crippen LogP contribution in [0.5, 0.6) is 0 Å². The van der Waals surface area contributed by atoms with Crippen LogP contribution in [0, 0.1) is 11.3 Å². The maximum atomic E-state index is 12.9. The lowest BCUT2D eigenvalue weighted by molar-refractivity contribution is -0.129. The number of hydrogen-bond acceptors (Lipinski definition) is 6. The highest BCUT2D eigenvalue weighted by Crippen LogP contribution is 2.39. The van der Waals surface area contributed by atoms with Crippen molar-refractivity contribution in [3.05, 3.63) is 76.2 Å². The topological polar surface area (TPSA) is 95.4 Å². The number of carbonyl (C=O) groups excluding carboxylic acids is 1. The van der Waals surface area contributed by atoms with Gasteiger partial charge in [0.2, 0.25) is 5.91 Å². The average molecular weight is 430 g/mol. The fourth-order valence-electron chi connectivity index (χ4n) is 3.75. The molecule has 6 nitrogen and oxygen atoms in total. The molecule has 3 heterocycles. The molecule has 0 radical (unpaired) electrons. The molecule has 0 bridgehead atoms. The first-order chi connectivity index (χ1) is 15.0. The lowest BCUT2D eigenvalue weighted by Gasteiger charge is -2.34. The molecule has 2 aromatic heterocycles. The Balaban J connectivity index is 1.49. The van der Waals surface area contributed by atoms with Crippen molar-refractivity contribution in [2.45, 2.75) is 31.7 Å². The van der Waals surface area contributed by atoms with Crippen LogP contribution in [0.2, 0.25) is 0 Å². The van der Waals surface area contributed by atoms with E-state index in [4.69, 9.17) is 16.0 Å². The molecule has 0 aliphatic carbocycles. The van der Waals surface area contributed by atoms with Crippen LogP contribution in [-0.2, 0) is 16.8 Å². The van der Waals surface area contributed by atoms with E-state index in [1.54, 1.807) is 28.5 Å². The summed E-state index contributed by atoms with van der Waals surface area (Å²) >= 11 is 1.56. The van der Waals surface area contributed by atoms with Crippen LogP contribution < -0.4 is 5.73 Å². The number of pyridine rings is 1. The second kappa shape index (κ2) is 8.70. The van der Waals surface area contributed by atoms with Gasteiger partial charge in [-0.05, 0) is 66.6 Å². The van der Waals surface area contributed by atoms with Crippen molar-refractivity contribution in [1.82, 2.24) is 9.88 Å². The Bertz CT molecular complexity index is 1160. The van der Waals surface area contributed by atoms with Crippen LogP contribution in [0.1, 0.15) is 35.9 Å². The van der Waals surface area contributed by atoms with Crippen molar-refractivity contribution in [3.8, 4) is 17.2 Å². The normalized spacial score (nSPS) is 18.5. The SMILES string of the molecule is C[C@@]1(c2cc(-c3cccc(C#N)c3)cs2)CC(=O)N(CCCc2ccccn2)C(N)=N1. The highest BCUT2D eigenvalue weighted by molar-refractivity contribution is 7.10. The number of rotatable bonds is 6. The summed E-state index contributed by atoms with van der Waals surface area (Å²) in [6.45, 7) is 2.47. The van der Waals surface area contributed by atoms with Gasteiger partial charge in [0.15, 0.2) is 5.96 Å². The van der Waals surface area contributed by atoms with E-state index in [1.165, 1.54) is 0 Å². The molecular weight excluding hydrogens is 406 g/mol. The number of thiophene rings is 1. The summed E-state index contributed by atoms with van der Waals surface area (Å²) in [6.07, 6.45) is 3.60. The van der Waals surface area contributed by atoms with Gasteiger partial charge in [-0.25, -0.2) is 4.99 Å². The molecule has 31 heavy (non-hydrogen) atoms. The molecule has 1 aliphatic rings. The molecule has 1 aromatic carbocycles. The van der Waals surface area contributed by atoms with Gasteiger partial charge in [0.05, 0.1) is 18.1 Å². The number of aromatic nitrogens is 1. The summed E-state index contributed by atoms with van der Waals surface area (Å²) in [5, 5.41) is 11.2. The fraction of sp³-hybridized carbons (Fsp3) is 0.250. The van der Waals surface area contributed by atoms with Gasteiger partial charge in [-0.3, -0.25) is 14.7 Å². The van der Waals surface area contributed by atoms with E-state index in [0.717, 1.165) is 34.5 Å². The molecule has 0 fully saturated rings. The molecule has 3 aromatic rings. The highest BCUT2D eigenvalue weighted by Gasteiger charge is 2.38. The number of guanidine groups is 1. The van der Waals surface area contributed by atoms with E-state index in [0.29, 0.717) is 12.1 Å². The third-order valence-corrected chi connectivity index (χ3v) is 6.61. The van der Waals surface area contributed by atoms with Crippen LogP contribution in [0.15, 0.2) is 65.1 Å². The number of nitrogens with zero attached hydrogens (tertiary/aromatic N) is 4. The van der Waals surface area contributed by atoms with Crippen LogP contribution in [0.3, 0.4) is 0 Å². The predicted octanol–water partition coefficient (Wildman–Crippen LogP) is 4.08. The van der Waals surface area contributed by atoms with Crippen molar-refractivity contribution in [2.75, 3.05) is 6.54 Å². The Kier molecular flexibility index (Phi) is 5.83. The number of amides is 1. The molecule has 1 amide bonds. The standard InChI is InChI=1S/C24H23N5OS/c1-24(21-13-19(16-31-21)18-7-4-6-17(12-18)15-25)14-22(30)29(23(26)28-24)11-5-9-20-8-2-3-10-27-20/h2-4,6-8,10,12-13,16H,5,9,11,14H2,1H3,(H2,26,28)/t24-/m0/s1. The van der Waals surface area contributed by atoms with Gasteiger partial charge in [-0.15, -0.1) is 11.3 Å². The van der Waals surface area contributed by atoms with Gasteiger partial charge in [0.1, 0.15) is 5.54 Å². The molecule has 1 aliphatic heterocycles. The van der Waals surface area contributed by atoms with Crippen molar-refractivity contribution in [1.29, 1.82) is 5.26 Å². The molecule has 156 valence electrons. The fourth-order valence-corrected chi connectivity index (χ4v) is 4.78. The largest absolute Gasteiger partial charge is 0.369 e. The lowest BCUT2D eigenvalue weighted by Crippen LogP contribution is -2.50. The van der Waals surface area contributed by atoms with Crippen molar-refractivity contribution < 1.29 is 4.79 Å². The van der Waals surface area contributed by atoms with Crippen molar-refractivity contribution >= 4 is 23.2 Å². The summed E-state index contributed by atoms with van der Waals surface area (Å²) in [6, 6.07) is 17.5. The number of aliphatic imine (C=N–C) groups is 1. The first-order valence-electron chi connectivity index (χ1n) is 10.1. The first-order valence-corrected chi connectivity index (χ1v) is 11.0. The van der Waals surface area contributed by atoms with Gasteiger partial charge in [0.25, 0.3) is 0 Å². The minimum absolute atomic E-state index is 0.0163. The molecule has 0 spiro atoms. The summed E-state index contributed by atoms with van der Waals surface area (Å²) in [5.41, 5.74) is 9.14. The second-order valence-electron chi connectivity index (χ2n) is 7.78.